The number of anilines is 1. The van der Waals surface area contributed by atoms with E-state index in [-0.39, 0.29) is 32.3 Å². The number of carbonyl (C=O) groups excluding carboxylic acids is 2. The summed E-state index contributed by atoms with van der Waals surface area (Å²) in [5, 5.41) is 21.0. The molecule has 37 heavy (non-hydrogen) atoms. The number of rotatable bonds is 4. The Kier molecular flexibility index (Phi) is 7.05. The topological polar surface area (TPSA) is 90.6 Å². The van der Waals surface area contributed by atoms with Gasteiger partial charge in [-0.15, -0.1) is 0 Å². The number of Topliss-reactive ketones (excluding diaryl/α,β-unsaturated/α-hetero) is 1. The van der Waals surface area contributed by atoms with E-state index in [4.69, 9.17) is 27.9 Å². The van der Waals surface area contributed by atoms with Gasteiger partial charge < -0.3 is 9.84 Å². The third-order valence-electron chi connectivity index (χ3n) is 6.28. The van der Waals surface area contributed by atoms with Gasteiger partial charge >= 0.3 is 0 Å². The monoisotopic (exact) mass is 534 g/mol. The molecule has 1 N–H and O–H groups in total. The highest BCUT2D eigenvalue weighted by Gasteiger charge is 2.47. The summed E-state index contributed by atoms with van der Waals surface area (Å²) in [4.78, 5) is 28.1. The van der Waals surface area contributed by atoms with Gasteiger partial charge in [-0.05, 0) is 52.9 Å². The molecule has 3 aromatic rings. The number of ether oxygens (including phenoxy) is 1. The molecule has 1 atom stereocenters. The summed E-state index contributed by atoms with van der Waals surface area (Å²) < 4.78 is 5.38. The van der Waals surface area contributed by atoms with Crippen molar-refractivity contribution in [2.75, 3.05) is 12.0 Å². The van der Waals surface area contributed by atoms with Gasteiger partial charge in [-0.1, -0.05) is 68.2 Å². The molecule has 1 unspecified atom stereocenters. The number of nitrogens with zero attached hydrogens (tertiary/aromatic N) is 2. The Morgan fingerprint density at radius 2 is 1.65 bits per heavy atom. The van der Waals surface area contributed by atoms with Crippen molar-refractivity contribution in [3.05, 3.63) is 98.5 Å². The average molecular weight is 535 g/mol. The number of halogens is 2. The second-order valence-corrected chi connectivity index (χ2v) is 10.5. The van der Waals surface area contributed by atoms with Crippen LogP contribution in [-0.4, -0.2) is 23.9 Å². The van der Waals surface area contributed by atoms with E-state index in [9.17, 15) is 20.0 Å². The van der Waals surface area contributed by atoms with Gasteiger partial charge in [0.05, 0.1) is 40.9 Å². The smallest absolute Gasteiger partial charge is 0.300 e. The molecule has 188 valence electrons. The fourth-order valence-corrected chi connectivity index (χ4v) is 4.94. The minimum Gasteiger partial charge on any atom is -0.507 e. The predicted octanol–water partition coefficient (Wildman–Crippen LogP) is 6.80. The van der Waals surface area contributed by atoms with Crippen molar-refractivity contribution < 1.29 is 19.4 Å². The van der Waals surface area contributed by atoms with Crippen LogP contribution < -0.4 is 9.64 Å². The zero-order chi connectivity index (χ0) is 27.1. The minimum atomic E-state index is -0.954. The Bertz CT molecular complexity index is 1460. The molecule has 0 bridgehead atoms. The van der Waals surface area contributed by atoms with E-state index in [1.807, 2.05) is 30.3 Å². The minimum absolute atomic E-state index is 0.0918. The van der Waals surface area contributed by atoms with Gasteiger partial charge in [0, 0.05) is 10.7 Å². The fourth-order valence-electron chi connectivity index (χ4n) is 4.37. The molecule has 3 aromatic carbocycles. The van der Waals surface area contributed by atoms with Crippen molar-refractivity contribution in [2.45, 2.75) is 32.2 Å². The first-order valence-electron chi connectivity index (χ1n) is 11.4. The molecule has 1 fully saturated rings. The first kappa shape index (κ1) is 26.3. The summed E-state index contributed by atoms with van der Waals surface area (Å²) >= 11 is 12.5. The lowest BCUT2D eigenvalue weighted by Crippen LogP contribution is -2.29. The second kappa shape index (κ2) is 9.93. The lowest BCUT2D eigenvalue weighted by molar-refractivity contribution is -0.132. The molecule has 1 aliphatic heterocycles. The number of aliphatic hydroxyl groups excluding tert-OH is 1. The van der Waals surface area contributed by atoms with Crippen LogP contribution in [0.1, 0.15) is 49.1 Å². The predicted molar refractivity (Wildman–Crippen MR) is 144 cm³/mol. The third-order valence-corrected chi connectivity index (χ3v) is 6.78. The number of hydrogen-bond acceptors (Lipinski definition) is 5. The highest BCUT2D eigenvalue weighted by Crippen LogP contribution is 2.45. The van der Waals surface area contributed by atoms with E-state index in [2.05, 4.69) is 20.8 Å². The van der Waals surface area contributed by atoms with E-state index in [1.54, 1.807) is 24.3 Å². The summed E-state index contributed by atoms with van der Waals surface area (Å²) in [5.41, 5.74) is 2.34. The number of ketones is 1. The lowest BCUT2D eigenvalue weighted by Gasteiger charge is -2.27. The first-order valence-corrected chi connectivity index (χ1v) is 12.2. The molecule has 8 heteroatoms. The van der Waals surface area contributed by atoms with Crippen molar-refractivity contribution in [2.24, 2.45) is 0 Å². The molecule has 1 aliphatic rings. The summed E-state index contributed by atoms with van der Waals surface area (Å²) in [6.07, 6.45) is 0. The molecule has 0 saturated carbocycles. The molecule has 1 saturated heterocycles. The zero-order valence-corrected chi connectivity index (χ0v) is 22.2. The van der Waals surface area contributed by atoms with Gasteiger partial charge in [-0.2, -0.15) is 5.26 Å². The highest BCUT2D eigenvalue weighted by atomic mass is 35.5. The molecular weight excluding hydrogens is 511 g/mol. The number of aliphatic hydroxyl groups is 1. The second-order valence-electron chi connectivity index (χ2n) is 9.67. The number of benzene rings is 3. The number of nitriles is 1. The highest BCUT2D eigenvalue weighted by molar-refractivity contribution is 6.52. The van der Waals surface area contributed by atoms with Crippen molar-refractivity contribution >= 4 is 46.3 Å². The summed E-state index contributed by atoms with van der Waals surface area (Å²) in [6, 6.07) is 17.8. The molecule has 0 radical (unpaired) electrons. The maximum atomic E-state index is 13.4. The molecular formula is C29H24Cl2N2O4. The molecule has 6 nitrogen and oxygen atoms in total. The lowest BCUT2D eigenvalue weighted by atomic mass is 9.85. The van der Waals surface area contributed by atoms with Crippen molar-refractivity contribution in [1.82, 2.24) is 0 Å². The van der Waals surface area contributed by atoms with Crippen LogP contribution in [0.2, 0.25) is 10.0 Å². The first-order chi connectivity index (χ1) is 17.5. The normalized spacial score (nSPS) is 17.1. The number of amides is 1. The van der Waals surface area contributed by atoms with E-state index in [0.717, 1.165) is 5.56 Å². The molecule has 4 rings (SSSR count). The number of methoxy groups -OCH3 is 1. The Hall–Kier alpha value is -3.79. The quantitative estimate of drug-likeness (QED) is 0.226. The fraction of sp³-hybridized carbons (Fsp3) is 0.207. The van der Waals surface area contributed by atoms with Crippen molar-refractivity contribution in [3.8, 4) is 11.8 Å². The van der Waals surface area contributed by atoms with Crippen LogP contribution in [-0.2, 0) is 15.0 Å². The average Bonchev–Trinajstić information content (AvgIpc) is 3.13. The maximum absolute atomic E-state index is 13.4. The van der Waals surface area contributed by atoms with Crippen LogP contribution in [0.15, 0.2) is 66.2 Å². The van der Waals surface area contributed by atoms with Crippen molar-refractivity contribution in [1.29, 1.82) is 5.26 Å². The zero-order valence-electron chi connectivity index (χ0n) is 20.7. The van der Waals surface area contributed by atoms with E-state index >= 15 is 0 Å². The molecule has 0 aromatic heterocycles. The van der Waals surface area contributed by atoms with E-state index < -0.39 is 23.5 Å². The van der Waals surface area contributed by atoms with Crippen LogP contribution in [0.4, 0.5) is 5.69 Å². The van der Waals surface area contributed by atoms with Crippen molar-refractivity contribution in [3.63, 3.8) is 0 Å². The van der Waals surface area contributed by atoms with Gasteiger partial charge in [-0.25, -0.2) is 0 Å². The van der Waals surface area contributed by atoms with Crippen LogP contribution in [0, 0.1) is 11.3 Å². The summed E-state index contributed by atoms with van der Waals surface area (Å²) in [7, 11) is 1.38. The van der Waals surface area contributed by atoms with Crippen LogP contribution >= 0.6 is 23.2 Å². The Labute approximate surface area is 225 Å². The number of carbonyl (C=O) groups is 2. The van der Waals surface area contributed by atoms with Gasteiger partial charge in [0.2, 0.25) is 0 Å². The van der Waals surface area contributed by atoms with Gasteiger partial charge in [0.15, 0.2) is 0 Å². The SMILES string of the molecule is COc1c(Cl)cc(Cl)cc1/C(O)=C1\C(=O)C(=O)N(c2ccc(C#N)cc2)C1c1ccc(C(C)(C)C)cc1. The third kappa shape index (κ3) is 4.81. The maximum Gasteiger partial charge on any atom is 0.300 e. The van der Waals surface area contributed by atoms with Gasteiger partial charge in [0.25, 0.3) is 11.7 Å². The van der Waals surface area contributed by atoms with E-state index in [0.29, 0.717) is 16.8 Å². The van der Waals surface area contributed by atoms with Crippen LogP contribution in [0.25, 0.3) is 5.76 Å². The standard InChI is InChI=1S/C29H24Cl2N2O4/c1-29(2,3)18-9-7-17(8-10-18)24-23(25(34)21-13-19(30)14-22(31)27(21)37-4)26(35)28(36)33(24)20-11-5-16(15-32)6-12-20/h5-14,24,34H,1-4H3/b25-23+. The summed E-state index contributed by atoms with van der Waals surface area (Å²) in [5.74, 6) is -2.02. The Morgan fingerprint density at radius 1 is 1.03 bits per heavy atom. The van der Waals surface area contributed by atoms with Gasteiger partial charge in [-0.3, -0.25) is 14.5 Å². The summed E-state index contributed by atoms with van der Waals surface area (Å²) in [6.45, 7) is 6.25. The molecule has 1 heterocycles. The van der Waals surface area contributed by atoms with Gasteiger partial charge in [0.1, 0.15) is 11.5 Å². The van der Waals surface area contributed by atoms with E-state index in [1.165, 1.54) is 24.1 Å². The molecule has 0 aliphatic carbocycles. The number of hydrogen-bond donors (Lipinski definition) is 1. The Morgan fingerprint density at radius 3 is 2.19 bits per heavy atom. The Balaban J connectivity index is 1.98. The molecule has 1 amide bonds. The largest absolute Gasteiger partial charge is 0.507 e. The molecule has 0 spiro atoms. The van der Waals surface area contributed by atoms with Crippen LogP contribution in [0.5, 0.6) is 5.75 Å². The van der Waals surface area contributed by atoms with Crippen LogP contribution in [0.3, 0.4) is 0 Å².